The van der Waals surface area contributed by atoms with E-state index in [-0.39, 0.29) is 17.7 Å². The SMILES string of the molecule is CCOc1ccc2ccccc2c1/C=C1\SC(=O)N(Cc2ccccc2Br)C1=O. The lowest BCUT2D eigenvalue weighted by molar-refractivity contribution is -0.123. The van der Waals surface area contributed by atoms with Crippen molar-refractivity contribution in [1.82, 2.24) is 4.90 Å². The van der Waals surface area contributed by atoms with E-state index in [0.717, 1.165) is 38.1 Å². The Hall–Kier alpha value is -2.57. The second-order valence-electron chi connectivity index (χ2n) is 6.49. The lowest BCUT2D eigenvalue weighted by Gasteiger charge is -2.14. The number of nitrogens with zero attached hydrogens (tertiary/aromatic N) is 1. The van der Waals surface area contributed by atoms with Crippen molar-refractivity contribution in [2.24, 2.45) is 0 Å². The van der Waals surface area contributed by atoms with Gasteiger partial charge in [0, 0.05) is 10.0 Å². The summed E-state index contributed by atoms with van der Waals surface area (Å²) in [5.74, 6) is 0.412. The van der Waals surface area contributed by atoms with E-state index in [1.54, 1.807) is 6.08 Å². The molecule has 29 heavy (non-hydrogen) atoms. The molecule has 0 N–H and O–H groups in total. The molecule has 2 amide bonds. The van der Waals surface area contributed by atoms with E-state index >= 15 is 0 Å². The van der Waals surface area contributed by atoms with Crippen LogP contribution in [-0.4, -0.2) is 22.7 Å². The number of imide groups is 1. The van der Waals surface area contributed by atoms with Gasteiger partial charge in [-0.1, -0.05) is 64.5 Å². The Morgan fingerprint density at radius 3 is 2.59 bits per heavy atom. The summed E-state index contributed by atoms with van der Waals surface area (Å²) in [7, 11) is 0. The van der Waals surface area contributed by atoms with Gasteiger partial charge in [0.05, 0.1) is 18.1 Å². The summed E-state index contributed by atoms with van der Waals surface area (Å²) in [4.78, 5) is 27.2. The number of carbonyl (C=O) groups excluding carboxylic acids is 2. The first kappa shape index (κ1) is 19.7. The molecule has 0 aromatic heterocycles. The summed E-state index contributed by atoms with van der Waals surface area (Å²) in [6, 6.07) is 19.4. The van der Waals surface area contributed by atoms with Gasteiger partial charge in [-0.15, -0.1) is 0 Å². The van der Waals surface area contributed by atoms with Gasteiger partial charge in [-0.3, -0.25) is 14.5 Å². The number of hydrogen-bond donors (Lipinski definition) is 0. The number of thioether (sulfide) groups is 1. The number of carbonyl (C=O) groups is 2. The van der Waals surface area contributed by atoms with Crippen molar-refractivity contribution >= 4 is 55.7 Å². The molecular formula is C23H18BrNO3S. The lowest BCUT2D eigenvalue weighted by atomic mass is 10.0. The topological polar surface area (TPSA) is 46.6 Å². The fourth-order valence-corrected chi connectivity index (χ4v) is 4.50. The first-order chi connectivity index (χ1) is 14.1. The van der Waals surface area contributed by atoms with E-state index in [1.807, 2.05) is 67.6 Å². The van der Waals surface area contributed by atoms with Crippen LogP contribution in [0.15, 0.2) is 70.0 Å². The van der Waals surface area contributed by atoms with Crippen LogP contribution in [0.25, 0.3) is 16.8 Å². The molecular weight excluding hydrogens is 450 g/mol. The molecule has 1 saturated heterocycles. The number of benzene rings is 3. The van der Waals surface area contributed by atoms with Crippen molar-refractivity contribution in [3.05, 3.63) is 81.2 Å². The third-order valence-corrected chi connectivity index (χ3v) is 6.35. The van der Waals surface area contributed by atoms with Gasteiger partial charge >= 0.3 is 0 Å². The normalized spacial score (nSPS) is 15.5. The number of halogens is 1. The molecule has 0 spiro atoms. The molecule has 1 aliphatic heterocycles. The molecule has 1 fully saturated rings. The highest BCUT2D eigenvalue weighted by Crippen LogP contribution is 2.37. The molecule has 0 bridgehead atoms. The molecule has 0 atom stereocenters. The van der Waals surface area contributed by atoms with Crippen LogP contribution < -0.4 is 4.74 Å². The summed E-state index contributed by atoms with van der Waals surface area (Å²) >= 11 is 4.44. The minimum atomic E-state index is -0.286. The predicted molar refractivity (Wildman–Crippen MR) is 121 cm³/mol. The number of ether oxygens (including phenoxy) is 1. The van der Waals surface area contributed by atoms with Gasteiger partial charge in [0.2, 0.25) is 0 Å². The van der Waals surface area contributed by atoms with Gasteiger partial charge in [0.15, 0.2) is 0 Å². The molecule has 146 valence electrons. The maximum Gasteiger partial charge on any atom is 0.293 e. The molecule has 6 heteroatoms. The smallest absolute Gasteiger partial charge is 0.293 e. The Balaban J connectivity index is 1.72. The van der Waals surface area contributed by atoms with Crippen LogP contribution >= 0.6 is 27.7 Å². The zero-order valence-electron chi connectivity index (χ0n) is 15.7. The van der Waals surface area contributed by atoms with Gasteiger partial charge in [-0.2, -0.15) is 0 Å². The van der Waals surface area contributed by atoms with E-state index in [0.29, 0.717) is 17.3 Å². The Morgan fingerprint density at radius 2 is 1.79 bits per heavy atom. The monoisotopic (exact) mass is 467 g/mol. The molecule has 0 unspecified atom stereocenters. The number of rotatable bonds is 5. The Labute approximate surface area is 181 Å². The van der Waals surface area contributed by atoms with Crippen LogP contribution in [-0.2, 0) is 11.3 Å². The van der Waals surface area contributed by atoms with Crippen LogP contribution in [0.3, 0.4) is 0 Å². The zero-order valence-corrected chi connectivity index (χ0v) is 18.1. The summed E-state index contributed by atoms with van der Waals surface area (Å²) < 4.78 is 6.66. The Bertz CT molecular complexity index is 1140. The quantitative estimate of drug-likeness (QED) is 0.416. The third kappa shape index (κ3) is 3.95. The maximum absolute atomic E-state index is 13.0. The molecule has 1 heterocycles. The molecule has 0 saturated carbocycles. The van der Waals surface area contributed by atoms with Gasteiger partial charge in [0.1, 0.15) is 5.75 Å². The second kappa shape index (κ2) is 8.43. The minimum absolute atomic E-state index is 0.233. The highest BCUT2D eigenvalue weighted by molar-refractivity contribution is 9.10. The summed E-state index contributed by atoms with van der Waals surface area (Å²) in [5.41, 5.74) is 1.70. The maximum atomic E-state index is 13.0. The van der Waals surface area contributed by atoms with Gasteiger partial charge in [0.25, 0.3) is 11.1 Å². The van der Waals surface area contributed by atoms with Crippen molar-refractivity contribution < 1.29 is 14.3 Å². The van der Waals surface area contributed by atoms with Gasteiger partial charge < -0.3 is 4.74 Å². The third-order valence-electron chi connectivity index (χ3n) is 4.67. The van der Waals surface area contributed by atoms with Crippen molar-refractivity contribution in [3.8, 4) is 5.75 Å². The number of amides is 2. The van der Waals surface area contributed by atoms with Crippen LogP contribution in [0.4, 0.5) is 4.79 Å². The van der Waals surface area contributed by atoms with Crippen LogP contribution in [0.5, 0.6) is 5.75 Å². The summed E-state index contributed by atoms with van der Waals surface area (Å²) in [6.45, 7) is 2.67. The second-order valence-corrected chi connectivity index (χ2v) is 8.34. The molecule has 4 nitrogen and oxygen atoms in total. The van der Waals surface area contributed by atoms with E-state index < -0.39 is 0 Å². The summed E-state index contributed by atoms with van der Waals surface area (Å²) in [6.07, 6.45) is 1.78. The van der Waals surface area contributed by atoms with Crippen molar-refractivity contribution in [2.75, 3.05) is 6.61 Å². The van der Waals surface area contributed by atoms with Crippen LogP contribution in [0.2, 0.25) is 0 Å². The first-order valence-electron chi connectivity index (χ1n) is 9.22. The minimum Gasteiger partial charge on any atom is -0.493 e. The molecule has 0 radical (unpaired) electrons. The van der Waals surface area contributed by atoms with Crippen molar-refractivity contribution in [2.45, 2.75) is 13.5 Å². The molecule has 4 rings (SSSR count). The fraction of sp³-hybridized carbons (Fsp3) is 0.130. The standard InChI is InChI=1S/C23H18BrNO3S/c1-2-28-20-12-11-15-7-3-5-9-17(15)18(20)13-21-22(26)25(23(27)29-21)14-16-8-4-6-10-19(16)24/h3-13H,2,14H2,1H3/b21-13-. The van der Waals surface area contributed by atoms with E-state index in [1.165, 1.54) is 4.90 Å². The zero-order chi connectivity index (χ0) is 20.4. The molecule has 1 aliphatic rings. The van der Waals surface area contributed by atoms with E-state index in [4.69, 9.17) is 4.74 Å². The van der Waals surface area contributed by atoms with Gasteiger partial charge in [-0.05, 0) is 53.2 Å². The highest BCUT2D eigenvalue weighted by Gasteiger charge is 2.35. The van der Waals surface area contributed by atoms with E-state index in [9.17, 15) is 9.59 Å². The molecule has 0 aliphatic carbocycles. The Morgan fingerprint density at radius 1 is 1.03 bits per heavy atom. The van der Waals surface area contributed by atoms with E-state index in [2.05, 4.69) is 15.9 Å². The molecule has 3 aromatic carbocycles. The van der Waals surface area contributed by atoms with Crippen LogP contribution in [0, 0.1) is 0 Å². The average Bonchev–Trinajstić information content (AvgIpc) is 2.99. The lowest BCUT2D eigenvalue weighted by Crippen LogP contribution is -2.27. The average molecular weight is 468 g/mol. The molecule has 3 aromatic rings. The first-order valence-corrected chi connectivity index (χ1v) is 10.8. The number of fused-ring (bicyclic) bond motifs is 1. The highest BCUT2D eigenvalue weighted by atomic mass is 79.9. The van der Waals surface area contributed by atoms with Crippen molar-refractivity contribution in [3.63, 3.8) is 0 Å². The van der Waals surface area contributed by atoms with Crippen LogP contribution in [0.1, 0.15) is 18.1 Å². The fourth-order valence-electron chi connectivity index (χ4n) is 3.27. The van der Waals surface area contributed by atoms with Crippen molar-refractivity contribution in [1.29, 1.82) is 0 Å². The van der Waals surface area contributed by atoms with Gasteiger partial charge in [-0.25, -0.2) is 0 Å². The number of hydrogen-bond acceptors (Lipinski definition) is 4. The largest absolute Gasteiger partial charge is 0.493 e. The predicted octanol–water partition coefficient (Wildman–Crippen LogP) is 6.24. The Kier molecular flexibility index (Phi) is 5.74. The summed E-state index contributed by atoms with van der Waals surface area (Å²) in [5, 5.41) is 1.76.